The van der Waals surface area contributed by atoms with E-state index >= 15 is 0 Å². The van der Waals surface area contributed by atoms with Crippen LogP contribution in [0.2, 0.25) is 0 Å². The molecule has 1 aromatic heterocycles. The largest absolute Gasteiger partial charge is 0.477 e. The van der Waals surface area contributed by atoms with Crippen LogP contribution in [0.15, 0.2) is 64.6 Å². The molecule has 0 radical (unpaired) electrons. The Morgan fingerprint density at radius 1 is 1.00 bits per heavy atom. The third-order valence-electron chi connectivity index (χ3n) is 3.30. The molecule has 3 aromatic rings. The Morgan fingerprint density at radius 3 is 2.25 bits per heavy atom. The monoisotopic (exact) mass is 317 g/mol. The molecular weight excluding hydrogens is 306 g/mol. The number of nitrogens with zero attached hydrogens (tertiary/aromatic N) is 3. The lowest BCUT2D eigenvalue weighted by atomic mass is 10.0. The van der Waals surface area contributed by atoms with Gasteiger partial charge >= 0.3 is 5.97 Å². The Balaban J connectivity index is 1.86. The summed E-state index contributed by atoms with van der Waals surface area (Å²) in [6, 6.07) is 19.0. The minimum absolute atomic E-state index is 0.0314. The van der Waals surface area contributed by atoms with Gasteiger partial charge in [0.2, 0.25) is 11.8 Å². The van der Waals surface area contributed by atoms with Gasteiger partial charge in [-0.1, -0.05) is 42.5 Å². The molecule has 116 valence electrons. The van der Waals surface area contributed by atoms with Gasteiger partial charge in [-0.2, -0.15) is 5.26 Å². The van der Waals surface area contributed by atoms with Crippen molar-refractivity contribution in [2.75, 3.05) is 0 Å². The molecule has 0 saturated heterocycles. The molecule has 24 heavy (non-hydrogen) atoms. The summed E-state index contributed by atoms with van der Waals surface area (Å²) in [5, 5.41) is 25.2. The first-order chi connectivity index (χ1) is 11.7. The lowest BCUT2D eigenvalue weighted by Gasteiger charge is -2.01. The number of hydrogen-bond donors (Lipinski definition) is 1. The highest BCUT2D eigenvalue weighted by Gasteiger charge is 2.11. The first-order valence-corrected chi connectivity index (χ1v) is 7.02. The fourth-order valence-electron chi connectivity index (χ4n) is 2.11. The summed E-state index contributed by atoms with van der Waals surface area (Å²) in [6.07, 6.45) is 1.04. The van der Waals surface area contributed by atoms with Crippen molar-refractivity contribution in [1.82, 2.24) is 10.2 Å². The smallest absolute Gasteiger partial charge is 0.346 e. The number of aliphatic carboxylic acids is 1. The van der Waals surface area contributed by atoms with Gasteiger partial charge in [-0.05, 0) is 23.3 Å². The Hall–Kier alpha value is -3.72. The maximum absolute atomic E-state index is 10.8. The second kappa shape index (κ2) is 6.58. The number of benzene rings is 2. The standard InChI is InChI=1S/C18H11N3O3/c19-11-15(18(22)23)10-16-20-21-17(24-16)14-8-6-13(7-9-14)12-4-2-1-3-5-12/h1-10H,(H,22,23). The van der Waals surface area contributed by atoms with Crippen molar-refractivity contribution >= 4 is 12.0 Å². The normalized spacial score (nSPS) is 11.0. The van der Waals surface area contributed by atoms with Crippen molar-refractivity contribution in [3.8, 4) is 28.7 Å². The summed E-state index contributed by atoms with van der Waals surface area (Å²) in [5.41, 5.74) is 2.38. The van der Waals surface area contributed by atoms with E-state index in [2.05, 4.69) is 10.2 Å². The summed E-state index contributed by atoms with van der Waals surface area (Å²) >= 11 is 0. The zero-order valence-corrected chi connectivity index (χ0v) is 12.4. The van der Waals surface area contributed by atoms with Gasteiger partial charge < -0.3 is 9.52 Å². The average Bonchev–Trinajstić information content (AvgIpc) is 3.09. The number of carboxylic acids is 1. The number of rotatable bonds is 4. The summed E-state index contributed by atoms with van der Waals surface area (Å²) in [7, 11) is 0. The number of aromatic nitrogens is 2. The molecule has 0 aliphatic heterocycles. The van der Waals surface area contributed by atoms with Crippen molar-refractivity contribution in [3.63, 3.8) is 0 Å². The van der Waals surface area contributed by atoms with Crippen molar-refractivity contribution in [3.05, 3.63) is 66.1 Å². The molecule has 0 saturated carbocycles. The number of carboxylic acid groups (broad SMARTS) is 1. The highest BCUT2D eigenvalue weighted by Crippen LogP contribution is 2.24. The molecule has 6 heteroatoms. The van der Waals surface area contributed by atoms with E-state index < -0.39 is 11.5 Å². The second-order valence-electron chi connectivity index (χ2n) is 4.86. The molecular formula is C18H11N3O3. The summed E-state index contributed by atoms with van der Waals surface area (Å²) in [5.74, 6) is -1.12. The molecule has 1 N–H and O–H groups in total. The number of carbonyl (C=O) groups is 1. The summed E-state index contributed by atoms with van der Waals surface area (Å²) < 4.78 is 5.38. The molecule has 0 spiro atoms. The molecule has 0 atom stereocenters. The van der Waals surface area contributed by atoms with E-state index in [4.69, 9.17) is 14.8 Å². The Labute approximate surface area is 137 Å². The van der Waals surface area contributed by atoms with Crippen LogP contribution >= 0.6 is 0 Å². The third-order valence-corrected chi connectivity index (χ3v) is 3.30. The van der Waals surface area contributed by atoms with Crippen LogP contribution < -0.4 is 0 Å². The van der Waals surface area contributed by atoms with Crippen LogP contribution in [0.4, 0.5) is 0 Å². The van der Waals surface area contributed by atoms with Crippen molar-refractivity contribution in [1.29, 1.82) is 5.26 Å². The minimum atomic E-state index is -1.34. The van der Waals surface area contributed by atoms with E-state index in [9.17, 15) is 4.79 Å². The highest BCUT2D eigenvalue weighted by molar-refractivity contribution is 5.95. The molecule has 6 nitrogen and oxygen atoms in total. The predicted octanol–water partition coefficient (Wildman–Crippen LogP) is 3.40. The van der Waals surface area contributed by atoms with E-state index in [1.54, 1.807) is 6.07 Å². The van der Waals surface area contributed by atoms with Gasteiger partial charge in [-0.25, -0.2) is 4.79 Å². The molecule has 2 aromatic carbocycles. The first kappa shape index (κ1) is 15.2. The molecule has 0 fully saturated rings. The summed E-state index contributed by atoms with van der Waals surface area (Å²) in [6.45, 7) is 0. The fraction of sp³-hybridized carbons (Fsp3) is 0. The predicted molar refractivity (Wildman–Crippen MR) is 86.4 cm³/mol. The number of nitriles is 1. The van der Waals surface area contributed by atoms with Gasteiger partial charge in [-0.15, -0.1) is 10.2 Å². The lowest BCUT2D eigenvalue weighted by molar-refractivity contribution is -0.132. The van der Waals surface area contributed by atoms with Gasteiger partial charge in [-0.3, -0.25) is 0 Å². The topological polar surface area (TPSA) is 100 Å². The first-order valence-electron chi connectivity index (χ1n) is 7.02. The van der Waals surface area contributed by atoms with E-state index in [1.165, 1.54) is 0 Å². The van der Waals surface area contributed by atoms with Crippen molar-refractivity contribution < 1.29 is 14.3 Å². The van der Waals surface area contributed by atoms with E-state index in [-0.39, 0.29) is 11.8 Å². The molecule has 0 unspecified atom stereocenters. The second-order valence-corrected chi connectivity index (χ2v) is 4.86. The van der Waals surface area contributed by atoms with Gasteiger partial charge in [0.25, 0.3) is 0 Å². The van der Waals surface area contributed by atoms with Gasteiger partial charge in [0.15, 0.2) is 0 Å². The quantitative estimate of drug-likeness (QED) is 0.584. The number of hydrogen-bond acceptors (Lipinski definition) is 5. The van der Waals surface area contributed by atoms with Crippen LogP contribution in [-0.2, 0) is 4.79 Å². The zero-order chi connectivity index (χ0) is 16.9. The van der Waals surface area contributed by atoms with E-state index in [0.717, 1.165) is 17.2 Å². The molecule has 0 aliphatic carbocycles. The van der Waals surface area contributed by atoms with Crippen LogP contribution in [0.25, 0.3) is 28.7 Å². The van der Waals surface area contributed by atoms with Crippen LogP contribution in [-0.4, -0.2) is 21.3 Å². The fourth-order valence-corrected chi connectivity index (χ4v) is 2.11. The molecule has 0 bridgehead atoms. The van der Waals surface area contributed by atoms with Gasteiger partial charge in [0.1, 0.15) is 11.6 Å². The minimum Gasteiger partial charge on any atom is -0.477 e. The Bertz CT molecular complexity index is 936. The Morgan fingerprint density at radius 2 is 1.62 bits per heavy atom. The van der Waals surface area contributed by atoms with E-state index in [1.807, 2.05) is 54.6 Å². The van der Waals surface area contributed by atoms with Crippen LogP contribution in [0.3, 0.4) is 0 Å². The highest BCUT2D eigenvalue weighted by atomic mass is 16.4. The van der Waals surface area contributed by atoms with Crippen LogP contribution in [0.5, 0.6) is 0 Å². The summed E-state index contributed by atoms with van der Waals surface area (Å²) in [4.78, 5) is 10.8. The zero-order valence-electron chi connectivity index (χ0n) is 12.4. The lowest BCUT2D eigenvalue weighted by Crippen LogP contribution is -1.97. The van der Waals surface area contributed by atoms with Gasteiger partial charge in [0, 0.05) is 11.6 Å². The van der Waals surface area contributed by atoms with Crippen molar-refractivity contribution in [2.45, 2.75) is 0 Å². The third kappa shape index (κ3) is 3.20. The molecule has 1 heterocycles. The SMILES string of the molecule is N#CC(=Cc1nnc(-c2ccc(-c3ccccc3)cc2)o1)C(=O)O. The van der Waals surface area contributed by atoms with Crippen molar-refractivity contribution in [2.24, 2.45) is 0 Å². The van der Waals surface area contributed by atoms with Gasteiger partial charge in [0.05, 0.1) is 0 Å². The Kier molecular flexibility index (Phi) is 4.17. The average molecular weight is 317 g/mol. The van der Waals surface area contributed by atoms with E-state index in [0.29, 0.717) is 5.56 Å². The molecule has 0 amide bonds. The maximum atomic E-state index is 10.8. The van der Waals surface area contributed by atoms with Crippen LogP contribution in [0, 0.1) is 11.3 Å². The molecule has 3 rings (SSSR count). The maximum Gasteiger partial charge on any atom is 0.346 e. The van der Waals surface area contributed by atoms with Crippen LogP contribution in [0.1, 0.15) is 5.89 Å². The molecule has 0 aliphatic rings.